The lowest BCUT2D eigenvalue weighted by Gasteiger charge is -2.27. The van der Waals surface area contributed by atoms with Gasteiger partial charge < -0.3 is 14.9 Å². The molecule has 0 amide bonds. The van der Waals surface area contributed by atoms with Crippen molar-refractivity contribution in [3.8, 4) is 5.75 Å². The SMILES string of the molecule is COc1c(C)cc(C)cc1C(C)(CCO)C(=O)O. The lowest BCUT2D eigenvalue weighted by atomic mass is 9.78. The van der Waals surface area contributed by atoms with Gasteiger partial charge in [0.05, 0.1) is 12.5 Å². The molecule has 0 aromatic heterocycles. The molecule has 0 saturated carbocycles. The fourth-order valence-electron chi connectivity index (χ4n) is 2.22. The summed E-state index contributed by atoms with van der Waals surface area (Å²) in [5.41, 5.74) is 1.35. The zero-order valence-corrected chi connectivity index (χ0v) is 11.3. The lowest BCUT2D eigenvalue weighted by Crippen LogP contribution is -2.34. The highest BCUT2D eigenvalue weighted by Crippen LogP contribution is 2.37. The predicted molar refractivity (Wildman–Crippen MR) is 69.2 cm³/mol. The van der Waals surface area contributed by atoms with Crippen molar-refractivity contribution < 1.29 is 19.7 Å². The third-order valence-corrected chi connectivity index (χ3v) is 3.30. The zero-order chi connectivity index (χ0) is 13.9. The Morgan fingerprint density at radius 3 is 2.44 bits per heavy atom. The summed E-state index contributed by atoms with van der Waals surface area (Å²) in [5, 5.41) is 18.6. The van der Waals surface area contributed by atoms with Crippen LogP contribution in [0, 0.1) is 13.8 Å². The number of carboxylic acid groups (broad SMARTS) is 1. The maximum absolute atomic E-state index is 11.5. The second kappa shape index (κ2) is 5.40. The van der Waals surface area contributed by atoms with Gasteiger partial charge in [-0.15, -0.1) is 0 Å². The summed E-state index contributed by atoms with van der Waals surface area (Å²) >= 11 is 0. The minimum absolute atomic E-state index is 0.154. The number of aliphatic hydroxyl groups is 1. The maximum Gasteiger partial charge on any atom is 0.314 e. The van der Waals surface area contributed by atoms with E-state index in [2.05, 4.69) is 0 Å². The van der Waals surface area contributed by atoms with E-state index in [4.69, 9.17) is 9.84 Å². The Morgan fingerprint density at radius 2 is 2.00 bits per heavy atom. The summed E-state index contributed by atoms with van der Waals surface area (Å²) in [4.78, 5) is 11.5. The Labute approximate surface area is 107 Å². The first-order chi connectivity index (χ1) is 8.36. The average molecular weight is 252 g/mol. The van der Waals surface area contributed by atoms with Crippen molar-refractivity contribution in [1.82, 2.24) is 0 Å². The number of carbonyl (C=O) groups is 1. The fraction of sp³-hybridized carbons (Fsp3) is 0.500. The Balaban J connectivity index is 3.49. The molecule has 0 bridgehead atoms. The molecule has 0 heterocycles. The van der Waals surface area contributed by atoms with Crippen molar-refractivity contribution in [2.45, 2.75) is 32.6 Å². The van der Waals surface area contributed by atoms with E-state index in [9.17, 15) is 9.90 Å². The number of aryl methyl sites for hydroxylation is 2. The van der Waals surface area contributed by atoms with Gasteiger partial charge in [-0.3, -0.25) is 4.79 Å². The van der Waals surface area contributed by atoms with Crippen LogP contribution in [0.2, 0.25) is 0 Å². The Kier molecular flexibility index (Phi) is 4.35. The van der Waals surface area contributed by atoms with E-state index in [-0.39, 0.29) is 13.0 Å². The Bertz CT molecular complexity index is 453. The van der Waals surface area contributed by atoms with Gasteiger partial charge in [-0.05, 0) is 32.8 Å². The van der Waals surface area contributed by atoms with E-state index in [1.54, 1.807) is 6.92 Å². The van der Waals surface area contributed by atoms with Gasteiger partial charge in [0.1, 0.15) is 5.75 Å². The van der Waals surface area contributed by atoms with Crippen LogP contribution in [-0.2, 0) is 10.2 Å². The molecule has 0 aliphatic carbocycles. The fourth-order valence-corrected chi connectivity index (χ4v) is 2.22. The van der Waals surface area contributed by atoms with Gasteiger partial charge >= 0.3 is 5.97 Å². The number of methoxy groups -OCH3 is 1. The van der Waals surface area contributed by atoms with Crippen molar-refractivity contribution in [2.24, 2.45) is 0 Å². The van der Waals surface area contributed by atoms with Gasteiger partial charge in [0.15, 0.2) is 0 Å². The summed E-state index contributed by atoms with van der Waals surface area (Å²) < 4.78 is 5.33. The highest BCUT2D eigenvalue weighted by Gasteiger charge is 2.37. The Hall–Kier alpha value is -1.55. The minimum Gasteiger partial charge on any atom is -0.496 e. The molecular weight excluding hydrogens is 232 g/mol. The van der Waals surface area contributed by atoms with Crippen molar-refractivity contribution in [1.29, 1.82) is 0 Å². The molecule has 2 N–H and O–H groups in total. The van der Waals surface area contributed by atoms with Crippen LogP contribution in [0.1, 0.15) is 30.0 Å². The summed E-state index contributed by atoms with van der Waals surface area (Å²) in [6, 6.07) is 3.76. The molecule has 0 aliphatic heterocycles. The molecular formula is C14H20O4. The average Bonchev–Trinajstić information content (AvgIpc) is 2.28. The number of hydrogen-bond acceptors (Lipinski definition) is 3. The Morgan fingerprint density at radius 1 is 1.39 bits per heavy atom. The molecule has 1 unspecified atom stereocenters. The number of ether oxygens (including phenoxy) is 1. The summed E-state index contributed by atoms with van der Waals surface area (Å²) in [6.45, 7) is 5.23. The van der Waals surface area contributed by atoms with Crippen molar-refractivity contribution in [3.63, 3.8) is 0 Å². The van der Waals surface area contributed by atoms with Gasteiger partial charge in [0.25, 0.3) is 0 Å². The minimum atomic E-state index is -1.14. The molecule has 1 aromatic rings. The molecule has 0 fully saturated rings. The number of hydrogen-bond donors (Lipinski definition) is 2. The van der Waals surface area contributed by atoms with Gasteiger partial charge in [-0.25, -0.2) is 0 Å². The van der Waals surface area contributed by atoms with E-state index in [0.717, 1.165) is 11.1 Å². The number of aliphatic carboxylic acids is 1. The van der Waals surface area contributed by atoms with Crippen molar-refractivity contribution >= 4 is 5.97 Å². The summed E-state index contributed by atoms with van der Waals surface area (Å²) in [7, 11) is 1.53. The lowest BCUT2D eigenvalue weighted by molar-refractivity contribution is -0.143. The van der Waals surface area contributed by atoms with E-state index in [0.29, 0.717) is 11.3 Å². The summed E-state index contributed by atoms with van der Waals surface area (Å²) in [5.74, 6) is -0.376. The molecule has 0 radical (unpaired) electrons. The van der Waals surface area contributed by atoms with E-state index in [1.165, 1.54) is 7.11 Å². The quantitative estimate of drug-likeness (QED) is 0.841. The molecule has 1 aromatic carbocycles. The standard InChI is InChI=1S/C14H20O4/c1-9-7-10(2)12(18-4)11(8-9)14(3,5-6-15)13(16)17/h7-8,15H,5-6H2,1-4H3,(H,16,17). The number of rotatable bonds is 5. The highest BCUT2D eigenvalue weighted by atomic mass is 16.5. The molecule has 0 saturated heterocycles. The van der Waals surface area contributed by atoms with Gasteiger partial charge in [0.2, 0.25) is 0 Å². The predicted octanol–water partition coefficient (Wildman–Crippen LogP) is 2.04. The maximum atomic E-state index is 11.5. The third kappa shape index (κ3) is 2.48. The second-order valence-electron chi connectivity index (χ2n) is 4.77. The van der Waals surface area contributed by atoms with Crippen LogP contribution in [0.5, 0.6) is 5.75 Å². The van der Waals surface area contributed by atoms with E-state index in [1.807, 2.05) is 26.0 Å². The molecule has 1 rings (SSSR count). The van der Waals surface area contributed by atoms with Gasteiger partial charge in [0, 0.05) is 12.2 Å². The van der Waals surface area contributed by atoms with Crippen molar-refractivity contribution in [2.75, 3.05) is 13.7 Å². The van der Waals surface area contributed by atoms with Crippen LogP contribution in [0.4, 0.5) is 0 Å². The summed E-state index contributed by atoms with van der Waals surface area (Å²) in [6.07, 6.45) is 0.154. The van der Waals surface area contributed by atoms with Gasteiger partial charge in [-0.1, -0.05) is 17.7 Å². The van der Waals surface area contributed by atoms with E-state index >= 15 is 0 Å². The molecule has 4 heteroatoms. The zero-order valence-electron chi connectivity index (χ0n) is 11.3. The molecule has 0 aliphatic rings. The third-order valence-electron chi connectivity index (χ3n) is 3.30. The van der Waals surface area contributed by atoms with Gasteiger partial charge in [-0.2, -0.15) is 0 Å². The molecule has 1 atom stereocenters. The first kappa shape index (κ1) is 14.5. The molecule has 18 heavy (non-hydrogen) atoms. The van der Waals surface area contributed by atoms with Crippen LogP contribution in [0.25, 0.3) is 0 Å². The number of carboxylic acids is 1. The van der Waals surface area contributed by atoms with Crippen LogP contribution in [0.3, 0.4) is 0 Å². The van der Waals surface area contributed by atoms with Crippen LogP contribution < -0.4 is 4.74 Å². The van der Waals surface area contributed by atoms with Crippen LogP contribution >= 0.6 is 0 Å². The molecule has 0 spiro atoms. The van der Waals surface area contributed by atoms with E-state index < -0.39 is 11.4 Å². The largest absolute Gasteiger partial charge is 0.496 e. The first-order valence-electron chi connectivity index (χ1n) is 5.86. The number of benzene rings is 1. The first-order valence-corrected chi connectivity index (χ1v) is 5.86. The monoisotopic (exact) mass is 252 g/mol. The molecule has 4 nitrogen and oxygen atoms in total. The highest BCUT2D eigenvalue weighted by molar-refractivity contribution is 5.82. The van der Waals surface area contributed by atoms with Crippen molar-refractivity contribution in [3.05, 3.63) is 28.8 Å². The van der Waals surface area contributed by atoms with Crippen LogP contribution in [0.15, 0.2) is 12.1 Å². The molecule has 100 valence electrons. The normalized spacial score (nSPS) is 14.1. The smallest absolute Gasteiger partial charge is 0.314 e. The topological polar surface area (TPSA) is 66.8 Å². The second-order valence-corrected chi connectivity index (χ2v) is 4.77. The van der Waals surface area contributed by atoms with Crippen LogP contribution in [-0.4, -0.2) is 29.9 Å². The number of aliphatic hydroxyl groups excluding tert-OH is 1.